The number of nitrogens with zero attached hydrogens (tertiary/aromatic N) is 5. The molecule has 0 unspecified atom stereocenters. The summed E-state index contributed by atoms with van der Waals surface area (Å²) in [6.45, 7) is 3.16. The predicted octanol–water partition coefficient (Wildman–Crippen LogP) is 3.28. The fourth-order valence-corrected chi connectivity index (χ4v) is 4.29. The molecule has 35 heavy (non-hydrogen) atoms. The summed E-state index contributed by atoms with van der Waals surface area (Å²) < 4.78 is 44.4. The lowest BCUT2D eigenvalue weighted by molar-refractivity contribution is -0.384. The molecule has 2 aromatic carbocycles. The summed E-state index contributed by atoms with van der Waals surface area (Å²) in [6, 6.07) is 9.08. The Bertz CT molecular complexity index is 1170. The minimum atomic E-state index is -4.55. The highest BCUT2D eigenvalue weighted by molar-refractivity contribution is 6.00. The van der Waals surface area contributed by atoms with Crippen LogP contribution < -0.4 is 9.80 Å². The number of nitriles is 1. The van der Waals surface area contributed by atoms with E-state index in [-0.39, 0.29) is 35.8 Å². The van der Waals surface area contributed by atoms with Crippen LogP contribution >= 0.6 is 0 Å². The molecule has 0 aliphatic carbocycles. The lowest BCUT2D eigenvalue weighted by Crippen LogP contribution is -2.49. The zero-order valence-electron chi connectivity index (χ0n) is 18.6. The second kappa shape index (κ2) is 9.79. The van der Waals surface area contributed by atoms with Crippen molar-refractivity contribution in [3.05, 3.63) is 63.2 Å². The fraction of sp³-hybridized carbons (Fsp3) is 0.391. The van der Waals surface area contributed by atoms with Gasteiger partial charge in [0.05, 0.1) is 46.2 Å². The van der Waals surface area contributed by atoms with Crippen molar-refractivity contribution in [2.24, 2.45) is 0 Å². The average molecular weight is 489 g/mol. The number of rotatable bonds is 4. The average Bonchev–Trinajstić information content (AvgIpc) is 2.87. The van der Waals surface area contributed by atoms with Crippen molar-refractivity contribution < 1.29 is 27.6 Å². The number of carbonyl (C=O) groups is 1. The van der Waals surface area contributed by atoms with Crippen LogP contribution in [0.15, 0.2) is 36.4 Å². The molecule has 0 bridgehead atoms. The van der Waals surface area contributed by atoms with E-state index in [0.29, 0.717) is 50.8 Å². The van der Waals surface area contributed by atoms with E-state index in [1.54, 1.807) is 15.9 Å². The maximum Gasteiger partial charge on any atom is 0.416 e. The van der Waals surface area contributed by atoms with Gasteiger partial charge in [0.15, 0.2) is 0 Å². The third kappa shape index (κ3) is 5.14. The number of hydrogen-bond acceptors (Lipinski definition) is 7. The molecule has 4 rings (SSSR count). The number of benzene rings is 2. The van der Waals surface area contributed by atoms with Crippen molar-refractivity contribution in [1.82, 2.24) is 4.90 Å². The van der Waals surface area contributed by atoms with Crippen molar-refractivity contribution in [2.75, 3.05) is 62.3 Å². The zero-order chi connectivity index (χ0) is 25.2. The first-order valence-corrected chi connectivity index (χ1v) is 11.0. The first-order valence-electron chi connectivity index (χ1n) is 11.0. The van der Waals surface area contributed by atoms with E-state index in [4.69, 9.17) is 4.74 Å². The highest BCUT2D eigenvalue weighted by atomic mass is 19.4. The number of nitro groups is 1. The third-order valence-electron chi connectivity index (χ3n) is 6.13. The van der Waals surface area contributed by atoms with E-state index in [9.17, 15) is 33.3 Å². The Labute approximate surface area is 199 Å². The Hall–Kier alpha value is -3.85. The summed E-state index contributed by atoms with van der Waals surface area (Å²) in [4.78, 5) is 29.5. The predicted molar refractivity (Wildman–Crippen MR) is 120 cm³/mol. The fourth-order valence-electron chi connectivity index (χ4n) is 4.29. The largest absolute Gasteiger partial charge is 0.416 e. The number of hydrogen-bond donors (Lipinski definition) is 0. The van der Waals surface area contributed by atoms with Gasteiger partial charge in [-0.15, -0.1) is 0 Å². The van der Waals surface area contributed by atoms with E-state index in [2.05, 4.69) is 0 Å². The number of carbonyl (C=O) groups excluding carboxylic acids is 1. The molecule has 2 aliphatic rings. The number of piperazine rings is 1. The van der Waals surface area contributed by atoms with Gasteiger partial charge in [0.1, 0.15) is 6.07 Å². The van der Waals surface area contributed by atoms with Gasteiger partial charge in [0.2, 0.25) is 0 Å². The van der Waals surface area contributed by atoms with Crippen molar-refractivity contribution in [2.45, 2.75) is 6.18 Å². The van der Waals surface area contributed by atoms with Crippen LogP contribution in [0.2, 0.25) is 0 Å². The number of alkyl halides is 3. The van der Waals surface area contributed by atoms with Gasteiger partial charge >= 0.3 is 6.18 Å². The van der Waals surface area contributed by atoms with Gasteiger partial charge in [-0.25, -0.2) is 0 Å². The molecule has 184 valence electrons. The van der Waals surface area contributed by atoms with Gasteiger partial charge in [-0.1, -0.05) is 0 Å². The maximum atomic E-state index is 13.4. The number of amides is 1. The van der Waals surface area contributed by atoms with E-state index >= 15 is 0 Å². The van der Waals surface area contributed by atoms with Crippen molar-refractivity contribution in [3.8, 4) is 6.07 Å². The van der Waals surface area contributed by atoms with Crippen molar-refractivity contribution >= 4 is 23.0 Å². The van der Waals surface area contributed by atoms with Gasteiger partial charge in [-0.05, 0) is 24.3 Å². The number of anilines is 2. The maximum absolute atomic E-state index is 13.4. The molecule has 0 saturated carbocycles. The lowest BCUT2D eigenvalue weighted by Gasteiger charge is -2.37. The minimum absolute atomic E-state index is 0.0899. The van der Waals surface area contributed by atoms with Gasteiger partial charge in [-0.3, -0.25) is 14.9 Å². The van der Waals surface area contributed by atoms with Crippen LogP contribution in [0.1, 0.15) is 21.5 Å². The molecule has 2 aromatic rings. The molecule has 0 spiro atoms. The zero-order valence-corrected chi connectivity index (χ0v) is 18.6. The van der Waals surface area contributed by atoms with Crippen LogP contribution in [0.5, 0.6) is 0 Å². The van der Waals surface area contributed by atoms with Crippen LogP contribution in [-0.4, -0.2) is 68.2 Å². The summed E-state index contributed by atoms with van der Waals surface area (Å²) in [5.41, 5.74) is 0.0211. The Morgan fingerprint density at radius 2 is 1.60 bits per heavy atom. The molecule has 2 aliphatic heterocycles. The minimum Gasteiger partial charge on any atom is -0.378 e. The van der Waals surface area contributed by atoms with Crippen LogP contribution in [-0.2, 0) is 10.9 Å². The van der Waals surface area contributed by atoms with Crippen LogP contribution in [0.4, 0.5) is 30.2 Å². The third-order valence-corrected chi connectivity index (χ3v) is 6.13. The molecule has 0 aromatic heterocycles. The smallest absolute Gasteiger partial charge is 0.378 e. The Morgan fingerprint density at radius 1 is 0.971 bits per heavy atom. The number of morpholine rings is 1. The highest BCUT2D eigenvalue weighted by Crippen LogP contribution is 2.33. The molecule has 0 N–H and O–H groups in total. The van der Waals surface area contributed by atoms with Crippen LogP contribution in [0.3, 0.4) is 0 Å². The number of non-ortho nitro benzene ring substituents is 1. The van der Waals surface area contributed by atoms with Crippen molar-refractivity contribution in [1.29, 1.82) is 5.26 Å². The van der Waals surface area contributed by atoms with Gasteiger partial charge < -0.3 is 19.4 Å². The molecular formula is C23H22F3N5O4. The van der Waals surface area contributed by atoms with E-state index in [1.807, 2.05) is 11.0 Å². The first kappa shape index (κ1) is 24.3. The summed E-state index contributed by atoms with van der Waals surface area (Å²) in [7, 11) is 0. The first-order chi connectivity index (χ1) is 16.7. The standard InChI is InChI=1S/C23H22F3N5O4/c24-23(25,26)17-1-3-20(16(13-17)15-27)28-5-7-30(8-6-28)22(32)19-14-18(31(33)34)2-4-21(19)29-9-11-35-12-10-29/h1-4,13-14H,5-12H2. The quantitative estimate of drug-likeness (QED) is 0.480. The number of nitro benzene ring substituents is 1. The second-order valence-corrected chi connectivity index (χ2v) is 8.18. The molecule has 9 nitrogen and oxygen atoms in total. The van der Waals surface area contributed by atoms with Gasteiger partial charge in [0, 0.05) is 51.4 Å². The summed E-state index contributed by atoms with van der Waals surface area (Å²) in [5, 5.41) is 20.7. The van der Waals surface area contributed by atoms with E-state index in [0.717, 1.165) is 12.1 Å². The van der Waals surface area contributed by atoms with E-state index in [1.165, 1.54) is 18.2 Å². The summed E-state index contributed by atoms with van der Waals surface area (Å²) >= 11 is 0. The summed E-state index contributed by atoms with van der Waals surface area (Å²) in [6.07, 6.45) is -4.55. The summed E-state index contributed by atoms with van der Waals surface area (Å²) in [5.74, 6) is -0.359. The Balaban J connectivity index is 1.53. The van der Waals surface area contributed by atoms with Gasteiger partial charge in [-0.2, -0.15) is 18.4 Å². The van der Waals surface area contributed by atoms with Crippen LogP contribution in [0, 0.1) is 21.4 Å². The van der Waals surface area contributed by atoms with Gasteiger partial charge in [0.25, 0.3) is 11.6 Å². The molecule has 0 radical (unpaired) electrons. The van der Waals surface area contributed by atoms with E-state index < -0.39 is 16.7 Å². The number of ether oxygens (including phenoxy) is 1. The molecular weight excluding hydrogens is 467 g/mol. The number of halogens is 3. The molecule has 12 heteroatoms. The molecule has 2 fully saturated rings. The molecule has 2 saturated heterocycles. The highest BCUT2D eigenvalue weighted by Gasteiger charge is 2.32. The molecule has 2 heterocycles. The molecule has 0 atom stereocenters. The lowest BCUT2D eigenvalue weighted by atomic mass is 10.1. The SMILES string of the molecule is N#Cc1cc(C(F)(F)F)ccc1N1CCN(C(=O)c2cc([N+](=O)[O-])ccc2N2CCOCC2)CC1. The molecule has 1 amide bonds. The van der Waals surface area contributed by atoms with Crippen LogP contribution in [0.25, 0.3) is 0 Å². The second-order valence-electron chi connectivity index (χ2n) is 8.18. The normalized spacial score (nSPS) is 16.7. The monoisotopic (exact) mass is 489 g/mol. The topological polar surface area (TPSA) is 103 Å². The van der Waals surface area contributed by atoms with Crippen molar-refractivity contribution in [3.63, 3.8) is 0 Å². The Kier molecular flexibility index (Phi) is 6.79. The Morgan fingerprint density at radius 3 is 2.20 bits per heavy atom.